The fourth-order valence-corrected chi connectivity index (χ4v) is 6.38. The van der Waals surface area contributed by atoms with Crippen LogP contribution in [0.5, 0.6) is 17.2 Å². The summed E-state index contributed by atoms with van der Waals surface area (Å²) in [7, 11) is 0. The second kappa shape index (κ2) is 21.2. The average Bonchev–Trinajstić information content (AvgIpc) is 4.03. The number of hydrogen-bond donors (Lipinski definition) is 5. The lowest BCUT2D eigenvalue weighted by atomic mass is 10.1. The van der Waals surface area contributed by atoms with Gasteiger partial charge in [0.05, 0.1) is 12.7 Å². The Balaban J connectivity index is 0.000000173. The van der Waals surface area contributed by atoms with Crippen LogP contribution in [0.3, 0.4) is 0 Å². The molecule has 0 saturated heterocycles. The first-order valence-corrected chi connectivity index (χ1v) is 20.9. The quantitative estimate of drug-likeness (QED) is 0.104. The Hall–Kier alpha value is -7.41. The third-order valence-corrected chi connectivity index (χ3v) is 9.42. The fourth-order valence-electron chi connectivity index (χ4n) is 6.38. The van der Waals surface area contributed by atoms with Crippen molar-refractivity contribution in [3.05, 3.63) is 143 Å². The molecule has 0 radical (unpaired) electrons. The molecule has 6 aromatic carbocycles. The summed E-state index contributed by atoms with van der Waals surface area (Å²) in [6.45, 7) is 17.6. The van der Waals surface area contributed by atoms with Gasteiger partial charge in [0.15, 0.2) is 0 Å². The number of para-hydroxylation sites is 2. The first-order chi connectivity index (χ1) is 30.4. The van der Waals surface area contributed by atoms with Gasteiger partial charge in [0.25, 0.3) is 0 Å². The van der Waals surface area contributed by atoms with Crippen molar-refractivity contribution in [2.45, 2.75) is 81.6 Å². The van der Waals surface area contributed by atoms with Crippen LogP contribution in [0.15, 0.2) is 115 Å². The molecule has 0 bridgehead atoms. The lowest BCUT2D eigenvalue weighted by Gasteiger charge is -2.20. The highest BCUT2D eigenvalue weighted by molar-refractivity contribution is 5.81. The minimum Gasteiger partial charge on any atom is -0.506 e. The van der Waals surface area contributed by atoms with Gasteiger partial charge in [-0.15, -0.1) is 30.0 Å². The SMILES string of the molecule is CC.CC.CCc1cc(C)cc(-n2nc3ccccc3n2)c1O.Cc1ccc2nn(-c3ccccc3O)nc2c1.[3H]c1c(CCC(C)=O)ccc(N2Nc3ccc(C)cc3N2)c1O. The lowest BCUT2D eigenvalue weighted by molar-refractivity contribution is -0.116. The first-order valence-electron chi connectivity index (χ1n) is 21.4. The van der Waals surface area contributed by atoms with Crippen molar-refractivity contribution in [1.82, 2.24) is 30.0 Å². The van der Waals surface area contributed by atoms with E-state index in [2.05, 4.69) is 31.2 Å². The van der Waals surface area contributed by atoms with Gasteiger partial charge in [-0.05, 0) is 135 Å². The molecule has 0 amide bonds. The number of rotatable bonds is 7. The van der Waals surface area contributed by atoms with E-state index in [9.17, 15) is 20.1 Å². The first kappa shape index (κ1) is 44.2. The topological polar surface area (TPSA) is 166 Å². The molecule has 0 spiro atoms. The van der Waals surface area contributed by atoms with Crippen LogP contribution in [0.2, 0.25) is 0 Å². The molecule has 0 atom stereocenters. The molecule has 322 valence electrons. The van der Waals surface area contributed by atoms with Crippen LogP contribution in [0, 0.1) is 20.8 Å². The zero-order chi connectivity index (χ0) is 45.8. The van der Waals surface area contributed by atoms with Gasteiger partial charge in [0, 0.05) is 6.42 Å². The maximum absolute atomic E-state index is 11.1. The maximum atomic E-state index is 11.1. The maximum Gasteiger partial charge on any atom is 0.146 e. The summed E-state index contributed by atoms with van der Waals surface area (Å²) in [6.07, 6.45) is 1.61. The molecule has 0 aliphatic carbocycles. The van der Waals surface area contributed by atoms with Crippen molar-refractivity contribution in [2.24, 2.45) is 0 Å². The molecule has 9 rings (SSSR count). The van der Waals surface area contributed by atoms with Crippen LogP contribution in [0.1, 0.15) is 77.2 Å². The van der Waals surface area contributed by atoms with Crippen LogP contribution >= 0.6 is 0 Å². The van der Waals surface area contributed by atoms with Crippen molar-refractivity contribution < 1.29 is 21.5 Å². The molecule has 5 N–H and O–H groups in total. The summed E-state index contributed by atoms with van der Waals surface area (Å²) < 4.78 is 8.10. The van der Waals surface area contributed by atoms with Crippen LogP contribution in [-0.4, -0.2) is 51.1 Å². The zero-order valence-corrected chi connectivity index (χ0v) is 36.9. The van der Waals surface area contributed by atoms with E-state index in [0.717, 1.165) is 62.1 Å². The van der Waals surface area contributed by atoms with Crippen molar-refractivity contribution in [1.29, 1.82) is 0 Å². The molecule has 13 nitrogen and oxygen atoms in total. The number of aryl methyl sites for hydroxylation is 5. The average molecular weight is 838 g/mol. The second-order valence-corrected chi connectivity index (χ2v) is 14.1. The Morgan fingerprint density at radius 2 is 1.19 bits per heavy atom. The summed E-state index contributed by atoms with van der Waals surface area (Å²) in [5.41, 5.74) is 18.0. The van der Waals surface area contributed by atoms with Crippen molar-refractivity contribution >= 4 is 44.9 Å². The number of carbonyl (C=O) groups is 1. The number of carbonyl (C=O) groups excluding carboxylic acids is 1. The number of Topliss-reactive ketones (excluding diaryl/α,β-unsaturated/α-hetero) is 1. The van der Waals surface area contributed by atoms with Gasteiger partial charge >= 0.3 is 0 Å². The van der Waals surface area contributed by atoms with Crippen molar-refractivity contribution in [3.8, 4) is 28.6 Å². The monoisotopic (exact) mass is 837 g/mol. The number of phenolic OH excluding ortho intramolecular Hbond substituents is 3. The molecule has 2 aromatic heterocycles. The molecule has 1 aliphatic heterocycles. The number of benzene rings is 6. The Morgan fingerprint density at radius 1 is 0.613 bits per heavy atom. The van der Waals surface area contributed by atoms with E-state index in [1.807, 2.05) is 134 Å². The zero-order valence-electron chi connectivity index (χ0n) is 37.9. The number of hydrazine groups is 2. The summed E-state index contributed by atoms with van der Waals surface area (Å²) in [5.74, 6) is 0.384. The highest BCUT2D eigenvalue weighted by atomic mass is 16.3. The van der Waals surface area contributed by atoms with Crippen LogP contribution in [0.4, 0.5) is 17.1 Å². The van der Waals surface area contributed by atoms with E-state index in [4.69, 9.17) is 1.37 Å². The summed E-state index contributed by atoms with van der Waals surface area (Å²) in [5, 5.41) is 49.5. The fraction of sp³-hybridized carbons (Fsp3) is 0.245. The minimum atomic E-state index is -0.115. The summed E-state index contributed by atoms with van der Waals surface area (Å²) in [6, 6.07) is 34.0. The molecule has 13 heteroatoms. The van der Waals surface area contributed by atoms with E-state index >= 15 is 0 Å². The van der Waals surface area contributed by atoms with Gasteiger partial charge in [0.2, 0.25) is 0 Å². The van der Waals surface area contributed by atoms with Gasteiger partial charge in [-0.2, -0.15) is 5.12 Å². The number of nitrogens with zero attached hydrogens (tertiary/aromatic N) is 7. The standard InChI is InChI=1S/C17H19N3O2.C15H15N3O.C13H11N3O.2C2H6/c1-11-3-7-14-15(9-11)19-20(18-14)16-8-6-13(10-17(16)22)5-4-12(2)21;1-3-11-8-10(2)9-14(15(11)19)18-16-12-6-4-5-7-13(12)17-18;1-9-6-7-10-11(8-9)15-16(14-10)12-4-2-3-5-13(12)17;2*1-2/h3,6-10,18-19,22H,4-5H2,1-2H3;4-9,19H,3H2,1-2H3;2-8,17H,1H3;2*1-2H3/i10T;;;;. The number of fused-ring (bicyclic) bond motifs is 3. The van der Waals surface area contributed by atoms with Crippen molar-refractivity contribution in [3.63, 3.8) is 0 Å². The molecule has 8 aromatic rings. The largest absolute Gasteiger partial charge is 0.506 e. The molecular formula is C49H57N9O4. The van der Waals surface area contributed by atoms with E-state index < -0.39 is 0 Å². The normalized spacial score (nSPS) is 11.2. The molecule has 0 fully saturated rings. The van der Waals surface area contributed by atoms with Gasteiger partial charge in [-0.1, -0.05) is 83.1 Å². The van der Waals surface area contributed by atoms with Crippen molar-refractivity contribution in [2.75, 3.05) is 16.0 Å². The Labute approximate surface area is 364 Å². The van der Waals surface area contributed by atoms with Gasteiger partial charge < -0.3 is 20.1 Å². The molecule has 3 heterocycles. The van der Waals surface area contributed by atoms with Gasteiger partial charge in [0.1, 0.15) is 62.2 Å². The number of anilines is 3. The highest BCUT2D eigenvalue weighted by Crippen LogP contribution is 2.36. The second-order valence-electron chi connectivity index (χ2n) is 14.1. The van der Waals surface area contributed by atoms with Gasteiger partial charge in [-0.3, -0.25) is 10.9 Å². The molecule has 1 aliphatic rings. The van der Waals surface area contributed by atoms with E-state index in [1.165, 1.54) is 16.5 Å². The number of aromatic nitrogens is 6. The highest BCUT2D eigenvalue weighted by Gasteiger charge is 2.21. The number of ketones is 1. The van der Waals surface area contributed by atoms with E-state index in [1.54, 1.807) is 35.4 Å². The Kier molecular flexibility index (Phi) is 15.1. The minimum absolute atomic E-state index is 0.0551. The van der Waals surface area contributed by atoms with Crippen LogP contribution < -0.4 is 16.0 Å². The third-order valence-electron chi connectivity index (χ3n) is 9.42. The number of aromatic hydroxyl groups is 3. The van der Waals surface area contributed by atoms with Crippen LogP contribution in [-0.2, 0) is 17.6 Å². The predicted molar refractivity (Wildman–Crippen MR) is 251 cm³/mol. The lowest BCUT2D eigenvalue weighted by Crippen LogP contribution is -2.29. The summed E-state index contributed by atoms with van der Waals surface area (Å²) in [4.78, 5) is 14.1. The summed E-state index contributed by atoms with van der Waals surface area (Å²) >= 11 is 0. The van der Waals surface area contributed by atoms with Crippen LogP contribution in [0.25, 0.3) is 33.4 Å². The molecule has 0 unspecified atom stereocenters. The Morgan fingerprint density at radius 3 is 1.85 bits per heavy atom. The molecular weight excluding hydrogens is 779 g/mol. The molecule has 0 saturated carbocycles. The number of nitrogens with one attached hydrogen (secondary N) is 2. The smallest absolute Gasteiger partial charge is 0.146 e. The van der Waals surface area contributed by atoms with Gasteiger partial charge in [-0.25, -0.2) is 0 Å². The Bertz CT molecular complexity index is 2790. The third kappa shape index (κ3) is 11.0. The number of hydrogen-bond acceptors (Lipinski definition) is 11. The predicted octanol–water partition coefficient (Wildman–Crippen LogP) is 10.9. The van der Waals surface area contributed by atoms with E-state index in [-0.39, 0.29) is 29.1 Å². The molecule has 62 heavy (non-hydrogen) atoms. The number of phenols is 3. The van der Waals surface area contributed by atoms with E-state index in [0.29, 0.717) is 35.5 Å².